The van der Waals surface area contributed by atoms with Crippen LogP contribution in [0.15, 0.2) is 24.3 Å². The number of hydrogen-bond donors (Lipinski definition) is 3. The average molecular weight is 262 g/mol. The first-order valence-electron chi connectivity index (χ1n) is 6.69. The van der Waals surface area contributed by atoms with Crippen LogP contribution >= 0.6 is 0 Å². The molecule has 2 rings (SSSR count). The minimum absolute atomic E-state index is 0.294. The van der Waals surface area contributed by atoms with Crippen LogP contribution in [0.3, 0.4) is 0 Å². The Balaban J connectivity index is 1.99. The molecule has 1 heterocycles. The van der Waals surface area contributed by atoms with Gasteiger partial charge in [0.1, 0.15) is 18.5 Å². The molecule has 0 saturated carbocycles. The Morgan fingerprint density at radius 1 is 1.32 bits per heavy atom. The number of para-hydroxylation sites is 1. The highest BCUT2D eigenvalue weighted by Gasteiger charge is 2.11. The lowest BCUT2D eigenvalue weighted by molar-refractivity contribution is 0.105. The number of aliphatic hydroxyl groups is 1. The van der Waals surface area contributed by atoms with Crippen molar-refractivity contribution < 1.29 is 9.84 Å². The number of aliphatic hydroxyl groups excluding tert-OH is 1. The SMILES string of the molecule is Cc1[nH]c2ccccc2c1OCC(O)CNC(C)C. The minimum Gasteiger partial charge on any atom is -0.488 e. The molecule has 2 aromatic rings. The van der Waals surface area contributed by atoms with Crippen LogP contribution in [0.25, 0.3) is 10.9 Å². The quantitative estimate of drug-likeness (QED) is 0.748. The Morgan fingerprint density at radius 2 is 2.05 bits per heavy atom. The molecule has 1 aromatic carbocycles. The maximum Gasteiger partial charge on any atom is 0.147 e. The van der Waals surface area contributed by atoms with E-state index in [0.717, 1.165) is 22.3 Å². The van der Waals surface area contributed by atoms with Gasteiger partial charge in [-0.15, -0.1) is 0 Å². The zero-order valence-corrected chi connectivity index (χ0v) is 11.7. The maximum absolute atomic E-state index is 9.86. The second-order valence-corrected chi connectivity index (χ2v) is 5.15. The second-order valence-electron chi connectivity index (χ2n) is 5.15. The van der Waals surface area contributed by atoms with Crippen molar-refractivity contribution in [2.45, 2.75) is 32.9 Å². The third-order valence-corrected chi connectivity index (χ3v) is 3.02. The molecule has 0 radical (unpaired) electrons. The first kappa shape index (κ1) is 13.9. The molecule has 3 N–H and O–H groups in total. The van der Waals surface area contributed by atoms with Crippen molar-refractivity contribution in [2.24, 2.45) is 0 Å². The summed E-state index contributed by atoms with van der Waals surface area (Å²) < 4.78 is 5.76. The topological polar surface area (TPSA) is 57.3 Å². The first-order chi connectivity index (χ1) is 9.08. The van der Waals surface area contributed by atoms with Gasteiger partial charge >= 0.3 is 0 Å². The summed E-state index contributed by atoms with van der Waals surface area (Å²) >= 11 is 0. The molecule has 0 amide bonds. The molecular formula is C15H22N2O2. The van der Waals surface area contributed by atoms with E-state index in [0.29, 0.717) is 19.2 Å². The molecule has 0 spiro atoms. The summed E-state index contributed by atoms with van der Waals surface area (Å²) in [5.74, 6) is 0.833. The van der Waals surface area contributed by atoms with Gasteiger partial charge in [0, 0.05) is 23.5 Å². The van der Waals surface area contributed by atoms with E-state index in [2.05, 4.69) is 24.1 Å². The number of nitrogens with one attached hydrogen (secondary N) is 2. The number of hydrogen-bond acceptors (Lipinski definition) is 3. The monoisotopic (exact) mass is 262 g/mol. The molecule has 0 bridgehead atoms. The predicted octanol–water partition coefficient (Wildman–Crippen LogP) is 2.21. The van der Waals surface area contributed by atoms with Crippen molar-refractivity contribution in [1.29, 1.82) is 0 Å². The standard InChI is InChI=1S/C15H22N2O2/c1-10(2)16-8-12(18)9-19-15-11(3)17-14-7-5-4-6-13(14)15/h4-7,10,12,16-18H,8-9H2,1-3H3. The Labute approximate surface area is 113 Å². The summed E-state index contributed by atoms with van der Waals surface area (Å²) in [5.41, 5.74) is 2.05. The fourth-order valence-electron chi connectivity index (χ4n) is 2.05. The normalized spacial score (nSPS) is 13.1. The molecule has 1 unspecified atom stereocenters. The van der Waals surface area contributed by atoms with E-state index >= 15 is 0 Å². The number of fused-ring (bicyclic) bond motifs is 1. The van der Waals surface area contributed by atoms with Gasteiger partial charge in [0.2, 0.25) is 0 Å². The molecule has 0 aliphatic carbocycles. The molecule has 4 nitrogen and oxygen atoms in total. The van der Waals surface area contributed by atoms with Gasteiger partial charge in [0.15, 0.2) is 0 Å². The van der Waals surface area contributed by atoms with Gasteiger partial charge < -0.3 is 20.1 Å². The van der Waals surface area contributed by atoms with Gasteiger partial charge in [-0.3, -0.25) is 0 Å². The summed E-state index contributed by atoms with van der Waals surface area (Å²) in [4.78, 5) is 3.28. The number of rotatable bonds is 6. The van der Waals surface area contributed by atoms with Crippen molar-refractivity contribution in [3.05, 3.63) is 30.0 Å². The summed E-state index contributed by atoms with van der Waals surface area (Å²) in [6, 6.07) is 8.38. The van der Waals surface area contributed by atoms with Crippen molar-refractivity contribution in [1.82, 2.24) is 10.3 Å². The number of benzene rings is 1. The maximum atomic E-state index is 9.86. The lowest BCUT2D eigenvalue weighted by Gasteiger charge is -2.15. The number of aryl methyl sites for hydroxylation is 1. The lowest BCUT2D eigenvalue weighted by atomic mass is 10.2. The zero-order chi connectivity index (χ0) is 13.8. The van der Waals surface area contributed by atoms with Crippen LogP contribution in [-0.4, -0.2) is 35.4 Å². The van der Waals surface area contributed by atoms with Crippen LogP contribution in [0.4, 0.5) is 0 Å². The Hall–Kier alpha value is -1.52. The molecule has 4 heteroatoms. The van der Waals surface area contributed by atoms with E-state index < -0.39 is 6.10 Å². The fourth-order valence-corrected chi connectivity index (χ4v) is 2.05. The van der Waals surface area contributed by atoms with Gasteiger partial charge in [-0.2, -0.15) is 0 Å². The number of H-pyrrole nitrogens is 1. The van der Waals surface area contributed by atoms with Crippen LogP contribution in [0.2, 0.25) is 0 Å². The molecule has 0 aliphatic heterocycles. The molecular weight excluding hydrogens is 240 g/mol. The van der Waals surface area contributed by atoms with Crippen LogP contribution in [0.5, 0.6) is 5.75 Å². The molecule has 0 fully saturated rings. The van der Waals surface area contributed by atoms with E-state index in [1.165, 1.54) is 0 Å². The Morgan fingerprint density at radius 3 is 2.79 bits per heavy atom. The van der Waals surface area contributed by atoms with Gasteiger partial charge in [0.25, 0.3) is 0 Å². The third-order valence-electron chi connectivity index (χ3n) is 3.02. The Kier molecular flexibility index (Phi) is 4.45. The largest absolute Gasteiger partial charge is 0.488 e. The Bertz CT molecular complexity index is 534. The average Bonchev–Trinajstić information content (AvgIpc) is 2.69. The second kappa shape index (κ2) is 6.08. The molecule has 1 aromatic heterocycles. The molecule has 0 aliphatic rings. The van der Waals surface area contributed by atoms with E-state index in [1.807, 2.05) is 31.2 Å². The van der Waals surface area contributed by atoms with Gasteiger partial charge in [-0.1, -0.05) is 26.0 Å². The summed E-state index contributed by atoms with van der Waals surface area (Å²) in [6.45, 7) is 6.92. The van der Waals surface area contributed by atoms with Crippen LogP contribution in [0.1, 0.15) is 19.5 Å². The summed E-state index contributed by atoms with van der Waals surface area (Å²) in [7, 11) is 0. The van der Waals surface area contributed by atoms with Crippen LogP contribution in [0, 0.1) is 6.92 Å². The predicted molar refractivity (Wildman–Crippen MR) is 77.7 cm³/mol. The van der Waals surface area contributed by atoms with E-state index in [9.17, 15) is 5.11 Å². The van der Waals surface area contributed by atoms with Crippen molar-refractivity contribution in [2.75, 3.05) is 13.2 Å². The molecule has 19 heavy (non-hydrogen) atoms. The van der Waals surface area contributed by atoms with Gasteiger partial charge in [-0.05, 0) is 19.1 Å². The van der Waals surface area contributed by atoms with E-state index in [1.54, 1.807) is 0 Å². The molecule has 1 atom stereocenters. The van der Waals surface area contributed by atoms with Crippen LogP contribution < -0.4 is 10.1 Å². The summed E-state index contributed by atoms with van der Waals surface area (Å²) in [6.07, 6.45) is -0.504. The highest BCUT2D eigenvalue weighted by Crippen LogP contribution is 2.29. The smallest absolute Gasteiger partial charge is 0.147 e. The fraction of sp³-hybridized carbons (Fsp3) is 0.467. The first-order valence-corrected chi connectivity index (χ1v) is 6.69. The summed E-state index contributed by atoms with van der Waals surface area (Å²) in [5, 5.41) is 14.1. The third kappa shape index (κ3) is 3.49. The zero-order valence-electron chi connectivity index (χ0n) is 11.7. The van der Waals surface area contributed by atoms with Gasteiger partial charge in [-0.25, -0.2) is 0 Å². The number of aromatic nitrogens is 1. The van der Waals surface area contributed by atoms with E-state index in [-0.39, 0.29) is 0 Å². The number of ether oxygens (including phenoxy) is 1. The van der Waals surface area contributed by atoms with E-state index in [4.69, 9.17) is 4.74 Å². The molecule has 104 valence electrons. The van der Waals surface area contributed by atoms with Crippen molar-refractivity contribution in [3.63, 3.8) is 0 Å². The van der Waals surface area contributed by atoms with Crippen LogP contribution in [-0.2, 0) is 0 Å². The molecule has 0 saturated heterocycles. The lowest BCUT2D eigenvalue weighted by Crippen LogP contribution is -2.35. The van der Waals surface area contributed by atoms with Gasteiger partial charge in [0.05, 0.1) is 5.69 Å². The number of aromatic amines is 1. The highest BCUT2D eigenvalue weighted by molar-refractivity contribution is 5.87. The van der Waals surface area contributed by atoms with Crippen molar-refractivity contribution in [3.8, 4) is 5.75 Å². The van der Waals surface area contributed by atoms with Crippen molar-refractivity contribution >= 4 is 10.9 Å². The minimum atomic E-state index is -0.504. The highest BCUT2D eigenvalue weighted by atomic mass is 16.5.